The highest BCUT2D eigenvalue weighted by Crippen LogP contribution is 2.40. The summed E-state index contributed by atoms with van der Waals surface area (Å²) < 4.78 is 0. The average molecular weight is 371 g/mol. The lowest BCUT2D eigenvalue weighted by Gasteiger charge is -2.22. The molecular formula is C18H17N3O4S. The van der Waals surface area contributed by atoms with Crippen LogP contribution in [0.15, 0.2) is 24.3 Å². The summed E-state index contributed by atoms with van der Waals surface area (Å²) in [6.07, 6.45) is 0.655. The van der Waals surface area contributed by atoms with E-state index < -0.39 is 11.4 Å². The smallest absolute Gasteiger partial charge is 0.339 e. The number of amides is 2. The highest BCUT2D eigenvalue weighted by Gasteiger charge is 2.51. The van der Waals surface area contributed by atoms with Gasteiger partial charge in [-0.3, -0.25) is 14.9 Å². The first-order valence-corrected chi connectivity index (χ1v) is 9.10. The molecule has 0 unspecified atom stereocenters. The van der Waals surface area contributed by atoms with Gasteiger partial charge in [-0.2, -0.15) is 0 Å². The monoisotopic (exact) mass is 371 g/mol. The molecule has 7 nitrogen and oxygen atoms in total. The lowest BCUT2D eigenvalue weighted by Crippen LogP contribution is -2.35. The second-order valence-corrected chi connectivity index (χ2v) is 8.08. The predicted molar refractivity (Wildman–Crippen MR) is 96.3 cm³/mol. The predicted octanol–water partition coefficient (Wildman–Crippen LogP) is 2.06. The zero-order chi connectivity index (χ0) is 18.5. The lowest BCUT2D eigenvalue weighted by atomic mass is 9.85. The molecule has 4 rings (SSSR count). The number of pyridine rings is 1. The van der Waals surface area contributed by atoms with E-state index in [1.807, 2.05) is 24.0 Å². The third kappa shape index (κ3) is 2.66. The van der Waals surface area contributed by atoms with Crippen molar-refractivity contribution in [3.8, 4) is 10.6 Å². The van der Waals surface area contributed by atoms with Crippen LogP contribution in [0, 0.1) is 12.3 Å². The Hall–Kier alpha value is -2.74. The summed E-state index contributed by atoms with van der Waals surface area (Å²) in [6, 6.07) is 7.21. The van der Waals surface area contributed by atoms with E-state index in [2.05, 4.69) is 10.3 Å². The number of nitrogens with zero attached hydrogens (tertiary/aromatic N) is 2. The van der Waals surface area contributed by atoms with Crippen molar-refractivity contribution in [1.29, 1.82) is 0 Å². The molecule has 8 heteroatoms. The van der Waals surface area contributed by atoms with Gasteiger partial charge >= 0.3 is 5.97 Å². The summed E-state index contributed by atoms with van der Waals surface area (Å²) in [7, 11) is 0. The highest BCUT2D eigenvalue weighted by atomic mass is 32.1. The second kappa shape index (κ2) is 5.91. The number of carbonyl (C=O) groups excluding carboxylic acids is 2. The number of aromatic carboxylic acids is 1. The van der Waals surface area contributed by atoms with Crippen LogP contribution in [0.2, 0.25) is 0 Å². The fourth-order valence-electron chi connectivity index (χ4n) is 3.64. The molecule has 2 aliphatic rings. The van der Waals surface area contributed by atoms with Crippen LogP contribution in [0.1, 0.15) is 28.1 Å². The number of carboxylic acids is 1. The minimum Gasteiger partial charge on any atom is -0.478 e. The molecule has 26 heavy (non-hydrogen) atoms. The van der Waals surface area contributed by atoms with Gasteiger partial charge in [-0.15, -0.1) is 11.3 Å². The molecule has 1 atom stereocenters. The Balaban J connectivity index is 1.72. The first-order valence-electron chi connectivity index (χ1n) is 8.28. The molecule has 2 aliphatic heterocycles. The summed E-state index contributed by atoms with van der Waals surface area (Å²) in [4.78, 5) is 44.0. The standard InChI is InChI=1S/C18H17N3O4S/c1-10-2-5-13(26-10)12-4-3-11(16(23)24)15(19-12)21-7-6-18(9-21)8-14(22)20-17(18)25/h2-5H,6-9H2,1H3,(H,23,24)(H,20,22,25)/t18-/m0/s1. The zero-order valence-corrected chi connectivity index (χ0v) is 14.9. The van der Waals surface area contributed by atoms with Crippen molar-refractivity contribution in [2.75, 3.05) is 18.0 Å². The number of nitrogens with one attached hydrogen (secondary N) is 1. The number of imide groups is 1. The van der Waals surface area contributed by atoms with Crippen molar-refractivity contribution in [3.63, 3.8) is 0 Å². The fraction of sp³-hybridized carbons (Fsp3) is 0.333. The van der Waals surface area contributed by atoms with E-state index in [-0.39, 0.29) is 23.8 Å². The molecule has 0 bridgehead atoms. The van der Waals surface area contributed by atoms with Crippen LogP contribution < -0.4 is 10.2 Å². The molecule has 4 heterocycles. The van der Waals surface area contributed by atoms with Gasteiger partial charge in [0.25, 0.3) is 0 Å². The molecule has 0 saturated carbocycles. The van der Waals surface area contributed by atoms with Crippen molar-refractivity contribution < 1.29 is 19.5 Å². The van der Waals surface area contributed by atoms with Gasteiger partial charge in [-0.05, 0) is 37.6 Å². The van der Waals surface area contributed by atoms with E-state index in [0.29, 0.717) is 31.0 Å². The largest absolute Gasteiger partial charge is 0.478 e. The quantitative estimate of drug-likeness (QED) is 0.801. The van der Waals surface area contributed by atoms with Crippen molar-refractivity contribution >= 4 is 34.9 Å². The van der Waals surface area contributed by atoms with E-state index in [9.17, 15) is 19.5 Å². The molecule has 2 saturated heterocycles. The van der Waals surface area contributed by atoms with Gasteiger partial charge in [0.15, 0.2) is 0 Å². The topological polar surface area (TPSA) is 99.6 Å². The summed E-state index contributed by atoms with van der Waals surface area (Å²) in [5.74, 6) is -1.25. The number of anilines is 1. The number of carboxylic acid groups (broad SMARTS) is 1. The Morgan fingerprint density at radius 1 is 1.31 bits per heavy atom. The number of rotatable bonds is 3. The molecule has 134 valence electrons. The minimum atomic E-state index is -1.06. The molecular weight excluding hydrogens is 354 g/mol. The Bertz CT molecular complexity index is 938. The van der Waals surface area contributed by atoms with Crippen molar-refractivity contribution in [2.45, 2.75) is 19.8 Å². The van der Waals surface area contributed by atoms with Crippen LogP contribution in [0.5, 0.6) is 0 Å². The molecule has 2 aromatic rings. The first-order chi connectivity index (χ1) is 12.4. The van der Waals surface area contributed by atoms with Gasteiger partial charge in [-0.25, -0.2) is 9.78 Å². The van der Waals surface area contributed by atoms with Gasteiger partial charge in [0.05, 0.1) is 16.0 Å². The summed E-state index contributed by atoms with van der Waals surface area (Å²) in [6.45, 7) is 2.78. The molecule has 1 spiro atoms. The van der Waals surface area contributed by atoms with Crippen molar-refractivity contribution in [3.05, 3.63) is 34.7 Å². The van der Waals surface area contributed by atoms with Crippen LogP contribution in [0.3, 0.4) is 0 Å². The van der Waals surface area contributed by atoms with Crippen LogP contribution in [-0.2, 0) is 9.59 Å². The second-order valence-electron chi connectivity index (χ2n) is 6.79. The number of aryl methyl sites for hydroxylation is 1. The summed E-state index contributed by atoms with van der Waals surface area (Å²) in [5, 5.41) is 11.9. The minimum absolute atomic E-state index is 0.101. The molecule has 2 amide bonds. The Morgan fingerprint density at radius 2 is 2.12 bits per heavy atom. The van der Waals surface area contributed by atoms with Crippen LogP contribution in [0.25, 0.3) is 10.6 Å². The third-order valence-electron chi connectivity index (χ3n) is 4.99. The average Bonchev–Trinajstić information content (AvgIpc) is 3.28. The number of aromatic nitrogens is 1. The van der Waals surface area contributed by atoms with Gasteiger partial charge in [0.2, 0.25) is 11.8 Å². The van der Waals surface area contributed by atoms with Crippen LogP contribution >= 0.6 is 11.3 Å². The van der Waals surface area contributed by atoms with E-state index in [0.717, 1.165) is 9.75 Å². The number of carbonyl (C=O) groups is 3. The molecule has 0 aromatic carbocycles. The number of hydrogen-bond donors (Lipinski definition) is 2. The third-order valence-corrected chi connectivity index (χ3v) is 6.01. The van der Waals surface area contributed by atoms with E-state index >= 15 is 0 Å². The van der Waals surface area contributed by atoms with Gasteiger partial charge in [0, 0.05) is 24.4 Å². The number of hydrogen-bond acceptors (Lipinski definition) is 6. The maximum Gasteiger partial charge on any atom is 0.339 e. The van der Waals surface area contributed by atoms with Gasteiger partial charge < -0.3 is 10.0 Å². The maximum absolute atomic E-state index is 12.2. The maximum atomic E-state index is 12.2. The Kier molecular flexibility index (Phi) is 3.80. The van der Waals surface area contributed by atoms with Crippen LogP contribution in [0.4, 0.5) is 5.82 Å². The highest BCUT2D eigenvalue weighted by molar-refractivity contribution is 7.15. The summed E-state index contributed by atoms with van der Waals surface area (Å²) >= 11 is 1.59. The first kappa shape index (κ1) is 16.7. The normalized spacial score (nSPS) is 22.3. The lowest BCUT2D eigenvalue weighted by molar-refractivity contribution is -0.128. The Labute approximate surface area is 153 Å². The molecule has 2 N–H and O–H groups in total. The van der Waals surface area contributed by atoms with Gasteiger partial charge in [-0.1, -0.05) is 0 Å². The molecule has 0 radical (unpaired) electrons. The SMILES string of the molecule is Cc1ccc(-c2ccc(C(=O)O)c(N3CC[C@]4(CC(=O)NC4=O)C3)n2)s1. The zero-order valence-electron chi connectivity index (χ0n) is 14.1. The van der Waals surface area contributed by atoms with E-state index in [1.54, 1.807) is 23.5 Å². The van der Waals surface area contributed by atoms with Gasteiger partial charge in [0.1, 0.15) is 11.4 Å². The fourth-order valence-corrected chi connectivity index (χ4v) is 4.48. The molecule has 2 fully saturated rings. The van der Waals surface area contributed by atoms with Crippen molar-refractivity contribution in [1.82, 2.24) is 10.3 Å². The van der Waals surface area contributed by atoms with E-state index in [4.69, 9.17) is 0 Å². The van der Waals surface area contributed by atoms with Crippen LogP contribution in [-0.4, -0.2) is 41.0 Å². The van der Waals surface area contributed by atoms with Crippen molar-refractivity contribution in [2.24, 2.45) is 5.41 Å². The molecule has 0 aliphatic carbocycles. The molecule has 2 aromatic heterocycles. The van der Waals surface area contributed by atoms with E-state index in [1.165, 1.54) is 0 Å². The summed E-state index contributed by atoms with van der Waals surface area (Å²) in [5.41, 5.74) is 0.0316. The Morgan fingerprint density at radius 3 is 2.73 bits per heavy atom. The number of thiophene rings is 1.